The molecule has 1 aliphatic heterocycles. The zero-order valence-electron chi connectivity index (χ0n) is 16.3. The molecule has 0 bridgehead atoms. The van der Waals surface area contributed by atoms with E-state index in [4.69, 9.17) is 4.74 Å². The molecule has 0 aliphatic carbocycles. The molecular formula is C21H17FN6O2. The number of halogens is 1. The van der Waals surface area contributed by atoms with Crippen LogP contribution in [0.4, 0.5) is 10.1 Å². The molecule has 1 aromatic carbocycles. The molecule has 4 aromatic rings. The number of ether oxygens (including phenoxy) is 1. The van der Waals surface area contributed by atoms with Crippen LogP contribution in [0.25, 0.3) is 22.4 Å². The lowest BCUT2D eigenvalue weighted by molar-refractivity contribution is 0.0980. The molecule has 8 nitrogen and oxygen atoms in total. The Hall–Kier alpha value is -3.88. The summed E-state index contributed by atoms with van der Waals surface area (Å²) in [6, 6.07) is 8.51. The predicted octanol–water partition coefficient (Wildman–Crippen LogP) is 2.91. The van der Waals surface area contributed by atoms with E-state index in [1.54, 1.807) is 24.2 Å². The molecule has 0 N–H and O–H groups in total. The van der Waals surface area contributed by atoms with Crippen LogP contribution in [-0.2, 0) is 7.05 Å². The summed E-state index contributed by atoms with van der Waals surface area (Å²) in [7, 11) is 1.72. The average molecular weight is 404 g/mol. The highest BCUT2D eigenvalue weighted by molar-refractivity contribution is 6.07. The molecule has 0 atom stereocenters. The van der Waals surface area contributed by atoms with Crippen molar-refractivity contribution in [2.45, 2.75) is 6.92 Å². The Balaban J connectivity index is 1.51. The first-order valence-electron chi connectivity index (χ1n) is 9.38. The fourth-order valence-corrected chi connectivity index (χ4v) is 3.61. The molecule has 0 fully saturated rings. The number of nitrogens with zero attached hydrogens (tertiary/aromatic N) is 6. The minimum Gasteiger partial charge on any atom is -0.488 e. The minimum absolute atomic E-state index is 0.159. The van der Waals surface area contributed by atoms with Crippen molar-refractivity contribution in [1.29, 1.82) is 0 Å². The number of rotatable bonds is 2. The molecule has 1 aliphatic rings. The molecule has 30 heavy (non-hydrogen) atoms. The lowest BCUT2D eigenvalue weighted by Crippen LogP contribution is -2.34. The standard InChI is InChI=1S/C21H17FN6O2/c1-12-9-13(20-23-10-15-14(26-20)4-6-18(22)25-15)3-5-16(12)28-7-8-30-17-11-24-27(2)19(17)21(28)29/h3-6,9-11H,7-8H2,1-2H3. The number of carbonyl (C=O) groups is 1. The van der Waals surface area contributed by atoms with E-state index in [2.05, 4.69) is 20.1 Å². The second kappa shape index (κ2) is 6.87. The summed E-state index contributed by atoms with van der Waals surface area (Å²) in [5.74, 6) is 0.272. The van der Waals surface area contributed by atoms with Crippen LogP contribution in [0.2, 0.25) is 0 Å². The summed E-state index contributed by atoms with van der Waals surface area (Å²) >= 11 is 0. The van der Waals surface area contributed by atoms with Gasteiger partial charge in [-0.05, 0) is 42.8 Å². The summed E-state index contributed by atoms with van der Waals surface area (Å²) in [6.45, 7) is 2.74. The van der Waals surface area contributed by atoms with Crippen LogP contribution in [-0.4, -0.2) is 43.8 Å². The van der Waals surface area contributed by atoms with Gasteiger partial charge in [-0.25, -0.2) is 15.0 Å². The van der Waals surface area contributed by atoms with Gasteiger partial charge in [-0.2, -0.15) is 9.49 Å². The van der Waals surface area contributed by atoms with Gasteiger partial charge in [0.05, 0.1) is 24.5 Å². The zero-order chi connectivity index (χ0) is 20.8. The number of aryl methyl sites for hydroxylation is 2. The molecule has 0 unspecified atom stereocenters. The third kappa shape index (κ3) is 2.95. The van der Waals surface area contributed by atoms with Gasteiger partial charge >= 0.3 is 0 Å². The second-order valence-corrected chi connectivity index (χ2v) is 7.02. The van der Waals surface area contributed by atoms with Crippen LogP contribution in [0.1, 0.15) is 16.1 Å². The number of carbonyl (C=O) groups excluding carboxylic acids is 1. The van der Waals surface area contributed by atoms with Crippen molar-refractivity contribution >= 4 is 22.6 Å². The molecule has 1 amide bonds. The first-order chi connectivity index (χ1) is 14.5. The Morgan fingerprint density at radius 3 is 2.80 bits per heavy atom. The van der Waals surface area contributed by atoms with Crippen LogP contribution in [0.5, 0.6) is 5.75 Å². The number of aromatic nitrogens is 5. The Morgan fingerprint density at radius 1 is 1.10 bits per heavy atom. The molecule has 4 heterocycles. The monoisotopic (exact) mass is 404 g/mol. The third-order valence-corrected chi connectivity index (χ3v) is 5.08. The molecule has 0 spiro atoms. The highest BCUT2D eigenvalue weighted by atomic mass is 19.1. The molecule has 5 rings (SSSR count). The minimum atomic E-state index is -0.568. The molecule has 9 heteroatoms. The van der Waals surface area contributed by atoms with Gasteiger partial charge in [-0.3, -0.25) is 9.48 Å². The first-order valence-corrected chi connectivity index (χ1v) is 9.38. The first kappa shape index (κ1) is 18.2. The predicted molar refractivity (Wildman–Crippen MR) is 108 cm³/mol. The van der Waals surface area contributed by atoms with E-state index in [1.807, 2.05) is 25.1 Å². The quantitative estimate of drug-likeness (QED) is 0.478. The summed E-state index contributed by atoms with van der Waals surface area (Å²) < 4.78 is 20.5. The summed E-state index contributed by atoms with van der Waals surface area (Å²) in [6.07, 6.45) is 3.06. The molecule has 0 saturated heterocycles. The second-order valence-electron chi connectivity index (χ2n) is 7.02. The third-order valence-electron chi connectivity index (χ3n) is 5.08. The maximum Gasteiger partial charge on any atom is 0.280 e. The van der Waals surface area contributed by atoms with Crippen LogP contribution < -0.4 is 9.64 Å². The van der Waals surface area contributed by atoms with Gasteiger partial charge in [0.25, 0.3) is 5.91 Å². The lowest BCUT2D eigenvalue weighted by atomic mass is 10.1. The fourth-order valence-electron chi connectivity index (χ4n) is 3.61. The largest absolute Gasteiger partial charge is 0.488 e. The summed E-state index contributed by atoms with van der Waals surface area (Å²) in [4.78, 5) is 27.4. The van der Waals surface area contributed by atoms with E-state index in [1.165, 1.54) is 16.9 Å². The van der Waals surface area contributed by atoms with Gasteiger partial charge < -0.3 is 9.64 Å². The highest BCUT2D eigenvalue weighted by Crippen LogP contribution is 2.30. The number of anilines is 1. The highest BCUT2D eigenvalue weighted by Gasteiger charge is 2.29. The lowest BCUT2D eigenvalue weighted by Gasteiger charge is -2.22. The van der Waals surface area contributed by atoms with Gasteiger partial charge in [-0.15, -0.1) is 0 Å². The van der Waals surface area contributed by atoms with Gasteiger partial charge in [0.2, 0.25) is 5.95 Å². The Labute approximate surface area is 171 Å². The van der Waals surface area contributed by atoms with Gasteiger partial charge in [0.1, 0.15) is 12.1 Å². The summed E-state index contributed by atoms with van der Waals surface area (Å²) in [5, 5.41) is 4.12. The van der Waals surface area contributed by atoms with Crippen LogP contribution in [0.3, 0.4) is 0 Å². The van der Waals surface area contributed by atoms with E-state index in [0.717, 1.165) is 16.8 Å². The Bertz CT molecular complexity index is 1300. The van der Waals surface area contributed by atoms with Crippen molar-refractivity contribution in [2.24, 2.45) is 7.05 Å². The summed E-state index contributed by atoms with van der Waals surface area (Å²) in [5.41, 5.74) is 3.86. The molecule has 0 saturated carbocycles. The van der Waals surface area contributed by atoms with E-state index < -0.39 is 5.95 Å². The van der Waals surface area contributed by atoms with Crippen molar-refractivity contribution in [1.82, 2.24) is 24.7 Å². The Morgan fingerprint density at radius 2 is 1.97 bits per heavy atom. The van der Waals surface area contributed by atoms with E-state index >= 15 is 0 Å². The number of pyridine rings is 1. The van der Waals surface area contributed by atoms with Crippen molar-refractivity contribution in [3.05, 3.63) is 59.9 Å². The van der Waals surface area contributed by atoms with Gasteiger partial charge in [0.15, 0.2) is 17.3 Å². The van der Waals surface area contributed by atoms with Gasteiger partial charge in [-0.1, -0.05) is 0 Å². The van der Waals surface area contributed by atoms with E-state index in [0.29, 0.717) is 41.5 Å². The van der Waals surface area contributed by atoms with E-state index in [-0.39, 0.29) is 5.91 Å². The normalized spacial score (nSPS) is 13.8. The number of amides is 1. The number of fused-ring (bicyclic) bond motifs is 2. The molecule has 3 aromatic heterocycles. The van der Waals surface area contributed by atoms with Crippen LogP contribution in [0, 0.1) is 12.9 Å². The SMILES string of the molecule is Cc1cc(-c2ncc3nc(F)ccc3n2)ccc1N1CCOc2cnn(C)c2C1=O. The van der Waals surface area contributed by atoms with Crippen molar-refractivity contribution in [3.8, 4) is 17.1 Å². The number of hydrogen-bond acceptors (Lipinski definition) is 6. The maximum atomic E-state index is 13.3. The van der Waals surface area contributed by atoms with Crippen LogP contribution >= 0.6 is 0 Å². The Kier molecular flexibility index (Phi) is 4.16. The molecule has 150 valence electrons. The fraction of sp³-hybridized carbons (Fsp3) is 0.190. The number of benzene rings is 1. The van der Waals surface area contributed by atoms with Crippen molar-refractivity contribution in [3.63, 3.8) is 0 Å². The van der Waals surface area contributed by atoms with Crippen LogP contribution in [0.15, 0.2) is 42.7 Å². The molecular weight excluding hydrogens is 387 g/mol. The van der Waals surface area contributed by atoms with Crippen molar-refractivity contribution < 1.29 is 13.9 Å². The molecule has 0 radical (unpaired) electrons. The average Bonchev–Trinajstić information content (AvgIpc) is 3.02. The van der Waals surface area contributed by atoms with Gasteiger partial charge in [0, 0.05) is 18.3 Å². The zero-order valence-corrected chi connectivity index (χ0v) is 16.3. The smallest absolute Gasteiger partial charge is 0.280 e. The topological polar surface area (TPSA) is 86.0 Å². The maximum absolute atomic E-state index is 13.3. The van der Waals surface area contributed by atoms with Crippen molar-refractivity contribution in [2.75, 3.05) is 18.1 Å². The number of hydrogen-bond donors (Lipinski definition) is 0. The van der Waals surface area contributed by atoms with E-state index in [9.17, 15) is 9.18 Å².